The summed E-state index contributed by atoms with van der Waals surface area (Å²) in [5.41, 5.74) is 8.23. The van der Waals surface area contributed by atoms with Gasteiger partial charge in [-0.25, -0.2) is 4.79 Å². The van der Waals surface area contributed by atoms with Gasteiger partial charge in [0.15, 0.2) is 0 Å². The second kappa shape index (κ2) is 7.14. The number of likely N-dealkylation sites (tertiary alicyclic amines) is 1. The highest BCUT2D eigenvalue weighted by molar-refractivity contribution is 5.89. The normalized spacial score (nSPS) is 23.3. The van der Waals surface area contributed by atoms with Crippen molar-refractivity contribution in [2.45, 2.75) is 56.9 Å². The van der Waals surface area contributed by atoms with Crippen LogP contribution in [0, 0.1) is 0 Å². The maximum atomic E-state index is 12.3. The molecule has 3 N–H and O–H groups in total. The van der Waals surface area contributed by atoms with Gasteiger partial charge >= 0.3 is 6.03 Å². The summed E-state index contributed by atoms with van der Waals surface area (Å²) in [7, 11) is 0. The molecule has 2 fully saturated rings. The van der Waals surface area contributed by atoms with E-state index in [4.69, 9.17) is 5.73 Å². The van der Waals surface area contributed by atoms with Crippen LogP contribution in [0.15, 0.2) is 24.3 Å². The lowest BCUT2D eigenvalue weighted by Gasteiger charge is -2.30. The number of nitrogens with one attached hydrogen (secondary N) is 1. The summed E-state index contributed by atoms with van der Waals surface area (Å²) in [6.07, 6.45) is 8.68. The Morgan fingerprint density at radius 2 is 1.77 bits per heavy atom. The van der Waals surface area contributed by atoms with Gasteiger partial charge in [0.05, 0.1) is 0 Å². The van der Waals surface area contributed by atoms with E-state index in [1.54, 1.807) is 0 Å². The highest BCUT2D eigenvalue weighted by Gasteiger charge is 2.21. The summed E-state index contributed by atoms with van der Waals surface area (Å²) in [4.78, 5) is 14.1. The van der Waals surface area contributed by atoms with Crippen LogP contribution in [0.1, 0.15) is 56.4 Å². The van der Waals surface area contributed by atoms with E-state index in [-0.39, 0.29) is 12.1 Å². The molecule has 2 amide bonds. The van der Waals surface area contributed by atoms with Crippen molar-refractivity contribution in [3.05, 3.63) is 29.8 Å². The number of piperidine rings is 1. The Morgan fingerprint density at radius 1 is 1.05 bits per heavy atom. The van der Waals surface area contributed by atoms with E-state index in [9.17, 15) is 4.79 Å². The first kappa shape index (κ1) is 15.3. The summed E-state index contributed by atoms with van der Waals surface area (Å²) in [5, 5.41) is 2.99. The fourth-order valence-corrected chi connectivity index (χ4v) is 3.67. The van der Waals surface area contributed by atoms with Crippen molar-refractivity contribution in [3.63, 3.8) is 0 Å². The molecule has 1 aromatic carbocycles. The SMILES string of the molecule is N[C@H]1CCCN(C(=O)Nc2ccc(C3CCCCC3)cc2)C1. The zero-order chi connectivity index (χ0) is 15.4. The van der Waals surface area contributed by atoms with Gasteiger partial charge in [-0.3, -0.25) is 0 Å². The van der Waals surface area contributed by atoms with Gasteiger partial charge in [0.25, 0.3) is 0 Å². The van der Waals surface area contributed by atoms with Crippen LogP contribution in [0.4, 0.5) is 10.5 Å². The van der Waals surface area contributed by atoms with Gasteiger partial charge in [-0.05, 0) is 49.3 Å². The number of rotatable bonds is 2. The molecule has 0 radical (unpaired) electrons. The predicted molar refractivity (Wildman–Crippen MR) is 90.1 cm³/mol. The third kappa shape index (κ3) is 3.80. The second-order valence-electron chi connectivity index (χ2n) is 6.74. The molecule has 0 spiro atoms. The molecule has 4 nitrogen and oxygen atoms in total. The average molecular weight is 301 g/mol. The fourth-order valence-electron chi connectivity index (χ4n) is 3.67. The number of nitrogens with two attached hydrogens (primary N) is 1. The molecular formula is C18H27N3O. The lowest BCUT2D eigenvalue weighted by molar-refractivity contribution is 0.193. The lowest BCUT2D eigenvalue weighted by Crippen LogP contribution is -2.47. The molecule has 0 unspecified atom stereocenters. The van der Waals surface area contributed by atoms with Gasteiger partial charge < -0.3 is 16.0 Å². The first-order valence-electron chi connectivity index (χ1n) is 8.64. The highest BCUT2D eigenvalue weighted by Crippen LogP contribution is 2.33. The van der Waals surface area contributed by atoms with E-state index in [1.807, 2.05) is 17.0 Å². The highest BCUT2D eigenvalue weighted by atomic mass is 16.2. The summed E-state index contributed by atoms with van der Waals surface area (Å²) in [6, 6.07) is 8.51. The summed E-state index contributed by atoms with van der Waals surface area (Å²) < 4.78 is 0. The van der Waals surface area contributed by atoms with Crippen LogP contribution in [-0.2, 0) is 0 Å². The summed E-state index contributed by atoms with van der Waals surface area (Å²) in [6.45, 7) is 1.46. The molecule has 0 bridgehead atoms. The number of urea groups is 1. The van der Waals surface area contributed by atoms with E-state index in [2.05, 4.69) is 17.4 Å². The minimum atomic E-state index is -0.0273. The molecule has 1 saturated carbocycles. The smallest absolute Gasteiger partial charge is 0.321 e. The van der Waals surface area contributed by atoms with Crippen molar-refractivity contribution in [1.82, 2.24) is 4.90 Å². The van der Waals surface area contributed by atoms with Crippen LogP contribution in [0.25, 0.3) is 0 Å². The minimum Gasteiger partial charge on any atom is -0.326 e. The number of amides is 2. The van der Waals surface area contributed by atoms with Crippen molar-refractivity contribution in [1.29, 1.82) is 0 Å². The Labute approximate surface area is 133 Å². The number of carbonyl (C=O) groups is 1. The maximum Gasteiger partial charge on any atom is 0.321 e. The summed E-state index contributed by atoms with van der Waals surface area (Å²) >= 11 is 0. The van der Waals surface area contributed by atoms with Gasteiger partial charge in [0.2, 0.25) is 0 Å². The molecule has 1 atom stereocenters. The zero-order valence-electron chi connectivity index (χ0n) is 13.3. The first-order valence-corrected chi connectivity index (χ1v) is 8.64. The van der Waals surface area contributed by atoms with E-state index >= 15 is 0 Å². The molecule has 4 heteroatoms. The predicted octanol–water partition coefficient (Wildman–Crippen LogP) is 3.69. The molecule has 22 heavy (non-hydrogen) atoms. The maximum absolute atomic E-state index is 12.3. The molecule has 0 aromatic heterocycles. The van der Waals surface area contributed by atoms with Gasteiger partial charge in [0, 0.05) is 24.8 Å². The van der Waals surface area contributed by atoms with Gasteiger partial charge in [-0.15, -0.1) is 0 Å². The largest absolute Gasteiger partial charge is 0.326 e. The quantitative estimate of drug-likeness (QED) is 0.875. The molecule has 1 saturated heterocycles. The first-order chi connectivity index (χ1) is 10.7. The lowest BCUT2D eigenvalue weighted by atomic mass is 9.84. The molecule has 1 heterocycles. The molecule has 2 aliphatic rings. The van der Waals surface area contributed by atoms with E-state index in [1.165, 1.54) is 37.7 Å². The Hall–Kier alpha value is -1.55. The number of hydrogen-bond donors (Lipinski definition) is 2. The van der Waals surface area contributed by atoms with E-state index < -0.39 is 0 Å². The van der Waals surface area contributed by atoms with Crippen LogP contribution >= 0.6 is 0 Å². The Kier molecular flexibility index (Phi) is 4.98. The van der Waals surface area contributed by atoms with E-state index in [0.717, 1.165) is 25.1 Å². The Morgan fingerprint density at radius 3 is 2.45 bits per heavy atom. The third-order valence-electron chi connectivity index (χ3n) is 4.98. The summed E-state index contributed by atoms with van der Waals surface area (Å²) in [5.74, 6) is 0.707. The monoisotopic (exact) mass is 301 g/mol. The van der Waals surface area contributed by atoms with Crippen LogP contribution in [-0.4, -0.2) is 30.1 Å². The Bertz CT molecular complexity index is 494. The molecule has 1 aromatic rings. The molecule has 3 rings (SSSR count). The Balaban J connectivity index is 1.57. The van der Waals surface area contributed by atoms with Gasteiger partial charge in [-0.2, -0.15) is 0 Å². The van der Waals surface area contributed by atoms with Crippen LogP contribution < -0.4 is 11.1 Å². The third-order valence-corrected chi connectivity index (χ3v) is 4.98. The van der Waals surface area contributed by atoms with Crippen molar-refractivity contribution in [2.24, 2.45) is 5.73 Å². The van der Waals surface area contributed by atoms with Crippen molar-refractivity contribution >= 4 is 11.7 Å². The standard InChI is InChI=1S/C18H27N3O/c19-16-7-4-12-21(13-16)18(22)20-17-10-8-15(9-11-17)14-5-2-1-3-6-14/h8-11,14,16H,1-7,12-13,19H2,(H,20,22)/t16-/m0/s1. The number of benzene rings is 1. The van der Waals surface area contributed by atoms with Gasteiger partial charge in [0.1, 0.15) is 0 Å². The topological polar surface area (TPSA) is 58.4 Å². The van der Waals surface area contributed by atoms with E-state index in [0.29, 0.717) is 12.5 Å². The van der Waals surface area contributed by atoms with Crippen LogP contribution in [0.3, 0.4) is 0 Å². The zero-order valence-corrected chi connectivity index (χ0v) is 13.3. The van der Waals surface area contributed by atoms with Crippen LogP contribution in [0.2, 0.25) is 0 Å². The van der Waals surface area contributed by atoms with Crippen molar-refractivity contribution in [3.8, 4) is 0 Å². The fraction of sp³-hybridized carbons (Fsp3) is 0.611. The second-order valence-corrected chi connectivity index (χ2v) is 6.74. The number of nitrogens with zero attached hydrogens (tertiary/aromatic N) is 1. The number of carbonyl (C=O) groups excluding carboxylic acids is 1. The van der Waals surface area contributed by atoms with Crippen molar-refractivity contribution < 1.29 is 4.79 Å². The minimum absolute atomic E-state index is 0.0273. The molecule has 120 valence electrons. The number of hydrogen-bond acceptors (Lipinski definition) is 2. The van der Waals surface area contributed by atoms with Crippen LogP contribution in [0.5, 0.6) is 0 Å². The molecule has 1 aliphatic carbocycles. The molecule has 1 aliphatic heterocycles. The van der Waals surface area contributed by atoms with Crippen molar-refractivity contribution in [2.75, 3.05) is 18.4 Å². The average Bonchev–Trinajstić information content (AvgIpc) is 2.56. The number of anilines is 1. The molecular weight excluding hydrogens is 274 g/mol. The van der Waals surface area contributed by atoms with Gasteiger partial charge in [-0.1, -0.05) is 31.4 Å².